The zero-order chi connectivity index (χ0) is 25.7. The van der Waals surface area contributed by atoms with Crippen molar-refractivity contribution in [1.82, 2.24) is 25.1 Å². The van der Waals surface area contributed by atoms with Gasteiger partial charge in [-0.25, -0.2) is 19.4 Å². The van der Waals surface area contributed by atoms with Crippen LogP contribution in [-0.4, -0.2) is 77.1 Å². The lowest BCUT2D eigenvalue weighted by molar-refractivity contribution is -0.181. The van der Waals surface area contributed by atoms with E-state index in [1.54, 1.807) is 7.05 Å². The van der Waals surface area contributed by atoms with E-state index in [0.29, 0.717) is 24.7 Å². The summed E-state index contributed by atoms with van der Waals surface area (Å²) >= 11 is 0. The number of morpholine rings is 1. The van der Waals surface area contributed by atoms with E-state index in [9.17, 15) is 4.79 Å². The lowest BCUT2D eigenvalue weighted by Crippen LogP contribution is -2.43. The summed E-state index contributed by atoms with van der Waals surface area (Å²) in [7, 11) is 1.59. The molecule has 2 bridgehead atoms. The number of carbonyl (C=O) groups excluding carboxylic acids is 1. The number of anilines is 2. The molecule has 200 valence electrons. The van der Waals surface area contributed by atoms with Gasteiger partial charge in [0, 0.05) is 44.2 Å². The summed E-state index contributed by atoms with van der Waals surface area (Å²) in [5.74, 6) is 1.15. The molecule has 4 aliphatic rings. The molecule has 7 rings (SSSR count). The molecule has 3 aliphatic heterocycles. The minimum atomic E-state index is -0.414. The van der Waals surface area contributed by atoms with Gasteiger partial charge in [-0.3, -0.25) is 0 Å². The van der Waals surface area contributed by atoms with Crippen LogP contribution in [-0.2, 0) is 14.2 Å². The molecule has 4 fully saturated rings. The Hall–Kier alpha value is -3.28. The van der Waals surface area contributed by atoms with Crippen LogP contribution >= 0.6 is 0 Å². The van der Waals surface area contributed by atoms with Gasteiger partial charge in [0.1, 0.15) is 5.82 Å². The van der Waals surface area contributed by atoms with Crippen LogP contribution in [0.15, 0.2) is 30.5 Å². The summed E-state index contributed by atoms with van der Waals surface area (Å²) in [4.78, 5) is 24.2. The molecule has 38 heavy (non-hydrogen) atoms. The van der Waals surface area contributed by atoms with E-state index in [1.165, 1.54) is 0 Å². The molecule has 1 aliphatic carbocycles. The number of nitrogens with zero attached hydrogens (tertiary/aromatic N) is 5. The van der Waals surface area contributed by atoms with E-state index in [4.69, 9.17) is 29.3 Å². The van der Waals surface area contributed by atoms with Crippen molar-refractivity contribution >= 4 is 28.6 Å². The Bertz CT molecular complexity index is 1320. The van der Waals surface area contributed by atoms with Crippen molar-refractivity contribution in [2.75, 3.05) is 43.6 Å². The van der Waals surface area contributed by atoms with E-state index < -0.39 is 5.79 Å². The van der Waals surface area contributed by atoms with E-state index >= 15 is 0 Å². The SMILES string of the molecule is CNC(=O)Nc1ccc(-c2nc(N3C[C@H]4CC[C@H](C3)O4)c3cnn(C4CCC5(CC4)OCCO5)c3n2)cc1. The topological polar surface area (TPSA) is 116 Å². The summed E-state index contributed by atoms with van der Waals surface area (Å²) in [6, 6.07) is 7.59. The van der Waals surface area contributed by atoms with Gasteiger partial charge in [-0.1, -0.05) is 0 Å². The molecule has 11 heteroatoms. The second kappa shape index (κ2) is 9.48. The van der Waals surface area contributed by atoms with Gasteiger partial charge in [-0.15, -0.1) is 0 Å². The largest absolute Gasteiger partial charge is 0.371 e. The molecule has 11 nitrogen and oxygen atoms in total. The second-order valence-electron chi connectivity index (χ2n) is 10.7. The molecule has 1 saturated carbocycles. The Morgan fingerprint density at radius 2 is 1.71 bits per heavy atom. The normalized spacial score (nSPS) is 24.8. The molecule has 5 heterocycles. The predicted octanol–water partition coefficient (Wildman–Crippen LogP) is 3.47. The van der Waals surface area contributed by atoms with E-state index in [1.807, 2.05) is 30.5 Å². The van der Waals surface area contributed by atoms with Crippen LogP contribution in [0.1, 0.15) is 44.6 Å². The van der Waals surface area contributed by atoms with Crippen LogP contribution < -0.4 is 15.5 Å². The van der Waals surface area contributed by atoms with Crippen LogP contribution in [0.4, 0.5) is 16.3 Å². The molecule has 1 aromatic carbocycles. The highest BCUT2D eigenvalue weighted by atomic mass is 16.7. The summed E-state index contributed by atoms with van der Waals surface area (Å²) in [6.45, 7) is 2.99. The number of carbonyl (C=O) groups is 1. The van der Waals surface area contributed by atoms with Crippen molar-refractivity contribution in [3.05, 3.63) is 30.5 Å². The maximum atomic E-state index is 11.7. The number of hydrogen-bond donors (Lipinski definition) is 2. The van der Waals surface area contributed by atoms with Gasteiger partial charge in [0.2, 0.25) is 0 Å². The number of urea groups is 1. The third-order valence-corrected chi connectivity index (χ3v) is 8.28. The Morgan fingerprint density at radius 1 is 1.00 bits per heavy atom. The van der Waals surface area contributed by atoms with Gasteiger partial charge in [0.25, 0.3) is 0 Å². The number of aromatic nitrogens is 4. The van der Waals surface area contributed by atoms with Gasteiger partial charge < -0.3 is 29.7 Å². The van der Waals surface area contributed by atoms with Crippen LogP contribution in [0.2, 0.25) is 0 Å². The van der Waals surface area contributed by atoms with Crippen molar-refractivity contribution < 1.29 is 19.0 Å². The minimum Gasteiger partial charge on any atom is -0.371 e. The molecule has 0 radical (unpaired) electrons. The minimum absolute atomic E-state index is 0.224. The molecule has 3 saturated heterocycles. The molecular formula is C27H33N7O4. The molecule has 2 N–H and O–H groups in total. The van der Waals surface area contributed by atoms with Crippen molar-refractivity contribution in [2.24, 2.45) is 0 Å². The highest BCUT2D eigenvalue weighted by Crippen LogP contribution is 2.42. The van der Waals surface area contributed by atoms with Crippen LogP contribution in [0.3, 0.4) is 0 Å². The molecule has 2 aromatic heterocycles. The summed E-state index contributed by atoms with van der Waals surface area (Å²) in [5.41, 5.74) is 2.44. The standard InChI is InChI=1S/C27H33N7O4/c1-28-26(35)30-18-4-2-17(3-5-18)23-31-24(33-15-20-6-7-21(16-33)38-20)22-14-29-34(25(22)32-23)19-8-10-27(11-9-19)36-12-13-37-27/h2-5,14,19-21H,6-13,15-16H2,1H3,(H2,28,30,35)/t20-,21-/m1/s1. The first-order valence-corrected chi connectivity index (χ1v) is 13.6. The average Bonchev–Trinajstić information content (AvgIpc) is 3.68. The number of hydrogen-bond acceptors (Lipinski definition) is 8. The average molecular weight is 520 g/mol. The number of rotatable bonds is 4. The number of nitrogens with one attached hydrogen (secondary N) is 2. The number of fused-ring (bicyclic) bond motifs is 3. The predicted molar refractivity (Wildman–Crippen MR) is 141 cm³/mol. The highest BCUT2D eigenvalue weighted by molar-refractivity contribution is 5.90. The zero-order valence-electron chi connectivity index (χ0n) is 21.6. The van der Waals surface area contributed by atoms with Crippen molar-refractivity contribution in [3.63, 3.8) is 0 Å². The monoisotopic (exact) mass is 519 g/mol. The zero-order valence-corrected chi connectivity index (χ0v) is 21.6. The fourth-order valence-electron chi connectivity index (χ4n) is 6.30. The Kier molecular flexibility index (Phi) is 5.94. The third-order valence-electron chi connectivity index (χ3n) is 8.28. The quantitative estimate of drug-likeness (QED) is 0.539. The first kappa shape index (κ1) is 23.8. The maximum Gasteiger partial charge on any atom is 0.318 e. The molecule has 3 aromatic rings. The smallest absolute Gasteiger partial charge is 0.318 e. The van der Waals surface area contributed by atoms with Crippen molar-refractivity contribution in [2.45, 2.75) is 62.6 Å². The van der Waals surface area contributed by atoms with Gasteiger partial charge >= 0.3 is 6.03 Å². The van der Waals surface area contributed by atoms with E-state index in [-0.39, 0.29) is 24.3 Å². The molecule has 2 amide bonds. The van der Waals surface area contributed by atoms with Gasteiger partial charge in [0.15, 0.2) is 17.3 Å². The third kappa shape index (κ3) is 4.28. The summed E-state index contributed by atoms with van der Waals surface area (Å²) in [6.07, 6.45) is 8.16. The molecular weight excluding hydrogens is 486 g/mol. The Balaban J connectivity index is 1.25. The first-order valence-electron chi connectivity index (χ1n) is 13.6. The van der Waals surface area contributed by atoms with E-state index in [2.05, 4.69) is 20.2 Å². The Morgan fingerprint density at radius 3 is 2.39 bits per heavy atom. The highest BCUT2D eigenvalue weighted by Gasteiger charge is 2.41. The van der Waals surface area contributed by atoms with Crippen LogP contribution in [0, 0.1) is 0 Å². The summed E-state index contributed by atoms with van der Waals surface area (Å²) < 4.78 is 20.1. The molecule has 1 spiro atoms. The molecule has 0 unspecified atom stereocenters. The van der Waals surface area contributed by atoms with Crippen molar-refractivity contribution in [3.8, 4) is 11.4 Å². The summed E-state index contributed by atoms with van der Waals surface area (Å²) in [5, 5.41) is 11.2. The Labute approximate surface area is 220 Å². The number of ether oxygens (including phenoxy) is 3. The van der Waals surface area contributed by atoms with E-state index in [0.717, 1.165) is 74.0 Å². The van der Waals surface area contributed by atoms with Gasteiger partial charge in [0.05, 0.1) is 43.0 Å². The van der Waals surface area contributed by atoms with Gasteiger partial charge in [-0.05, 0) is 49.9 Å². The van der Waals surface area contributed by atoms with Crippen molar-refractivity contribution in [1.29, 1.82) is 0 Å². The second-order valence-corrected chi connectivity index (χ2v) is 10.7. The first-order chi connectivity index (χ1) is 18.6. The molecule has 2 atom stereocenters. The maximum absolute atomic E-state index is 11.7. The fraction of sp³-hybridized carbons (Fsp3) is 0.556. The van der Waals surface area contributed by atoms with Gasteiger partial charge in [-0.2, -0.15) is 5.10 Å². The number of amides is 2. The van der Waals surface area contributed by atoms with Crippen LogP contribution in [0.5, 0.6) is 0 Å². The lowest BCUT2D eigenvalue weighted by Gasteiger charge is -2.35. The van der Waals surface area contributed by atoms with Crippen LogP contribution in [0.25, 0.3) is 22.4 Å². The fourth-order valence-corrected chi connectivity index (χ4v) is 6.30. The number of benzene rings is 1. The lowest BCUT2D eigenvalue weighted by atomic mass is 9.90.